The van der Waals surface area contributed by atoms with Crippen LogP contribution in [0.4, 0.5) is 0 Å². The second kappa shape index (κ2) is 5.39. The molecular weight excluding hydrogens is 213 g/mol. The van der Waals surface area contributed by atoms with Gasteiger partial charge in [0, 0.05) is 32.6 Å². The Bertz CT molecular complexity index is 159. The van der Waals surface area contributed by atoms with Crippen LogP contribution >= 0.6 is 21.4 Å². The molecule has 58 valence electrons. The van der Waals surface area contributed by atoms with Gasteiger partial charge in [-0.15, -0.1) is 0 Å². The summed E-state index contributed by atoms with van der Waals surface area (Å²) in [6.07, 6.45) is 0. The van der Waals surface area contributed by atoms with Crippen LogP contribution in [-0.2, 0) is 19.5 Å². The molecule has 0 fully saturated rings. The molecule has 0 aromatic heterocycles. The highest BCUT2D eigenvalue weighted by Gasteiger charge is 1.88. The Kier molecular flexibility index (Phi) is 7.36. The van der Waals surface area contributed by atoms with Crippen LogP contribution in [0, 0.1) is 0 Å². The Morgan fingerprint density at radius 3 is 1.44 bits per heavy atom. The summed E-state index contributed by atoms with van der Waals surface area (Å²) < 4.78 is 35.9. The van der Waals surface area contributed by atoms with Crippen LogP contribution in [-0.4, -0.2) is 17.2 Å². The lowest BCUT2D eigenvalue weighted by atomic mass is 13.9. The molecule has 0 heterocycles. The van der Waals surface area contributed by atoms with E-state index in [2.05, 4.69) is 26.5 Å². The van der Waals surface area contributed by atoms with E-state index in [9.17, 15) is 0 Å². The fraction of sp³-hybridized carbons (Fsp3) is 0. The highest BCUT2D eigenvalue weighted by molar-refractivity contribution is 8.31. The van der Waals surface area contributed by atoms with Gasteiger partial charge in [0.25, 0.3) is 0 Å². The van der Waals surface area contributed by atoms with Crippen molar-refractivity contribution < 1.29 is 17.2 Å². The van der Waals surface area contributed by atoms with Gasteiger partial charge in [-0.2, -0.15) is 8.42 Å². The molecule has 5 nitrogen and oxygen atoms in total. The van der Waals surface area contributed by atoms with Crippen LogP contribution in [0.25, 0.3) is 0 Å². The van der Waals surface area contributed by atoms with Gasteiger partial charge >= 0.3 is 8.26 Å². The topological polar surface area (TPSA) is 100 Å². The molecular formula is H2Cl2NO4S2-. The summed E-state index contributed by atoms with van der Waals surface area (Å²) in [4.78, 5) is 0. The predicted octanol–water partition coefficient (Wildman–Crippen LogP) is -0.552. The highest BCUT2D eigenvalue weighted by Crippen LogP contribution is 1.98. The van der Waals surface area contributed by atoms with Gasteiger partial charge in [-0.1, -0.05) is 0 Å². The van der Waals surface area contributed by atoms with E-state index >= 15 is 0 Å². The summed E-state index contributed by atoms with van der Waals surface area (Å²) in [5.41, 5.74) is 0. The molecule has 0 bridgehead atoms. The van der Waals surface area contributed by atoms with Crippen LogP contribution in [0.1, 0.15) is 0 Å². The molecule has 0 aliphatic heterocycles. The fourth-order valence-electron chi connectivity index (χ4n) is 0. The van der Waals surface area contributed by atoms with Crippen molar-refractivity contribution in [3.05, 3.63) is 0 Å². The maximum absolute atomic E-state index is 9.16. The predicted molar refractivity (Wildman–Crippen MR) is 33.7 cm³/mol. The first-order chi connectivity index (χ1) is 3.73. The molecule has 0 aliphatic rings. The molecule has 0 amide bonds. The third kappa shape index (κ3) is 1040. The van der Waals surface area contributed by atoms with Gasteiger partial charge in [0.05, 0.1) is 0 Å². The number of nitrogens with two attached hydrogens (primary N) is 1. The Balaban J connectivity index is 0. The summed E-state index contributed by atoms with van der Waals surface area (Å²) in [6.45, 7) is 0. The quantitative estimate of drug-likeness (QED) is 0.432. The minimum absolute atomic E-state index is 2.36. The van der Waals surface area contributed by atoms with Gasteiger partial charge in [-0.3, -0.25) is 9.35 Å². The molecule has 0 aromatic rings. The zero-order chi connectivity index (χ0) is 8.08. The average Bonchev–Trinajstić information content (AvgIpc) is 1.19. The molecule has 0 aliphatic carbocycles. The van der Waals surface area contributed by atoms with Crippen molar-refractivity contribution in [1.29, 1.82) is 0 Å². The highest BCUT2D eigenvalue weighted by atomic mass is 36.0. The maximum atomic E-state index is 9.16. The van der Waals surface area contributed by atoms with Gasteiger partial charge in [-0.05, 0) is 0 Å². The number of hydrogen-bond acceptors (Lipinski definition) is 4. The molecule has 0 aromatic carbocycles. The van der Waals surface area contributed by atoms with Crippen LogP contribution < -0.4 is 5.14 Å². The van der Waals surface area contributed by atoms with Crippen LogP contribution in [0.3, 0.4) is 0 Å². The minimum atomic E-state index is -3.72. The second-order valence-electron chi connectivity index (χ2n) is 0.639. The lowest BCUT2D eigenvalue weighted by molar-refractivity contribution is 0.538. The van der Waals surface area contributed by atoms with Crippen molar-refractivity contribution in [2.24, 2.45) is 5.14 Å². The third-order valence-corrected chi connectivity index (χ3v) is 0. The van der Waals surface area contributed by atoms with E-state index in [0.717, 1.165) is 0 Å². The van der Waals surface area contributed by atoms with E-state index in [1.807, 2.05) is 0 Å². The first-order valence-corrected chi connectivity index (χ1v) is 5.48. The van der Waals surface area contributed by atoms with Gasteiger partial charge in [-0.25, -0.2) is 0 Å². The smallest absolute Gasteiger partial charge is 0.317 e. The Morgan fingerprint density at radius 1 is 1.44 bits per heavy atom. The zero-order valence-corrected chi connectivity index (χ0v) is 6.93. The molecule has 0 saturated heterocycles. The van der Waals surface area contributed by atoms with Gasteiger partial charge in [0.2, 0.25) is 0 Å². The molecule has 0 rings (SSSR count). The molecule has 9 heteroatoms. The average molecular weight is 215 g/mol. The van der Waals surface area contributed by atoms with Crippen molar-refractivity contribution in [1.82, 2.24) is 0 Å². The Morgan fingerprint density at radius 2 is 1.44 bits per heavy atom. The maximum Gasteiger partial charge on any atom is 0.317 e. The summed E-state index contributed by atoms with van der Waals surface area (Å²) in [5, 5.41) is 4.03. The minimum Gasteiger partial charge on any atom is -0.760 e. The van der Waals surface area contributed by atoms with E-state index in [1.54, 1.807) is 0 Å². The molecule has 0 spiro atoms. The third-order valence-electron chi connectivity index (χ3n) is 0. The fourth-order valence-corrected chi connectivity index (χ4v) is 0. The van der Waals surface area contributed by atoms with E-state index < -0.39 is 19.5 Å². The summed E-state index contributed by atoms with van der Waals surface area (Å²) in [5.74, 6) is 0. The van der Waals surface area contributed by atoms with Crippen molar-refractivity contribution in [2.75, 3.05) is 0 Å². The summed E-state index contributed by atoms with van der Waals surface area (Å²) in [7, 11) is 4.81. The van der Waals surface area contributed by atoms with Crippen molar-refractivity contribution >= 4 is 40.9 Å². The molecule has 0 saturated carbocycles. The van der Waals surface area contributed by atoms with Crippen molar-refractivity contribution in [2.45, 2.75) is 0 Å². The van der Waals surface area contributed by atoms with Gasteiger partial charge < -0.3 is 4.55 Å². The normalized spacial score (nSPS) is 13.3. The number of hydrogen-bond donors (Lipinski definition) is 1. The SMILES string of the molecule is NS(=O)[O-].O=S(=O)(Cl)Cl. The second-order valence-corrected chi connectivity index (χ2v) is 4.83. The first-order valence-electron chi connectivity index (χ1n) is 1.21. The number of rotatable bonds is 0. The number of halogens is 2. The molecule has 1 unspecified atom stereocenters. The van der Waals surface area contributed by atoms with Crippen LogP contribution in [0.2, 0.25) is 0 Å². The zero-order valence-electron chi connectivity index (χ0n) is 3.78. The van der Waals surface area contributed by atoms with Gasteiger partial charge in [0.1, 0.15) is 0 Å². The lowest BCUT2D eigenvalue weighted by Gasteiger charge is -1.85. The standard InChI is InChI=1S/Cl2O2S.H3NO2S/c1-5(2,3)4;1-4(2)3/h;1H2,(H,2,3)/p-1. The Hall–Kier alpha value is 0.600. The lowest BCUT2D eigenvalue weighted by Crippen LogP contribution is -1.97. The van der Waals surface area contributed by atoms with E-state index in [-0.39, 0.29) is 0 Å². The Labute approximate surface area is 63.5 Å². The monoisotopic (exact) mass is 214 g/mol. The first kappa shape index (κ1) is 12.3. The molecule has 2 N–H and O–H groups in total. The molecule has 9 heavy (non-hydrogen) atoms. The van der Waals surface area contributed by atoms with Crippen LogP contribution in [0.15, 0.2) is 0 Å². The van der Waals surface area contributed by atoms with E-state index in [0.29, 0.717) is 0 Å². The van der Waals surface area contributed by atoms with E-state index in [4.69, 9.17) is 17.2 Å². The summed E-state index contributed by atoms with van der Waals surface area (Å²) in [6, 6.07) is 0. The van der Waals surface area contributed by atoms with E-state index in [1.165, 1.54) is 0 Å². The largest absolute Gasteiger partial charge is 0.760 e. The molecule has 0 radical (unpaired) electrons. The van der Waals surface area contributed by atoms with Crippen molar-refractivity contribution in [3.63, 3.8) is 0 Å². The summed E-state index contributed by atoms with van der Waals surface area (Å²) >= 11 is -2.36. The van der Waals surface area contributed by atoms with Crippen LogP contribution in [0.5, 0.6) is 0 Å². The van der Waals surface area contributed by atoms with Crippen molar-refractivity contribution in [3.8, 4) is 0 Å². The van der Waals surface area contributed by atoms with Gasteiger partial charge in [0.15, 0.2) is 0 Å². The molecule has 1 atom stereocenters.